The molecule has 0 aliphatic carbocycles. The quantitative estimate of drug-likeness (QED) is 0.897. The van der Waals surface area contributed by atoms with Crippen LogP contribution in [0, 0.1) is 12.8 Å². The van der Waals surface area contributed by atoms with Gasteiger partial charge in [0.1, 0.15) is 0 Å². The number of rotatable bonds is 3. The van der Waals surface area contributed by atoms with E-state index in [9.17, 15) is 9.59 Å². The molecule has 1 fully saturated rings. The van der Waals surface area contributed by atoms with Gasteiger partial charge < -0.3 is 15.3 Å². The highest BCUT2D eigenvalue weighted by Gasteiger charge is 2.22. The van der Waals surface area contributed by atoms with Crippen LogP contribution < -0.4 is 5.32 Å². The van der Waals surface area contributed by atoms with Gasteiger partial charge in [0.05, 0.1) is 5.56 Å². The molecule has 1 aliphatic heterocycles. The van der Waals surface area contributed by atoms with E-state index in [0.29, 0.717) is 17.2 Å². The van der Waals surface area contributed by atoms with Gasteiger partial charge in [-0.1, -0.05) is 19.4 Å². The van der Waals surface area contributed by atoms with E-state index in [-0.39, 0.29) is 11.6 Å². The molecule has 1 saturated heterocycles. The van der Waals surface area contributed by atoms with E-state index in [1.54, 1.807) is 24.0 Å². The summed E-state index contributed by atoms with van der Waals surface area (Å²) in [5.74, 6) is -0.264. The molecule has 0 aromatic heterocycles. The molecule has 1 aliphatic rings. The van der Waals surface area contributed by atoms with Gasteiger partial charge in [-0.15, -0.1) is 0 Å². The Hall–Kier alpha value is -2.04. The maximum absolute atomic E-state index is 12.2. The molecule has 21 heavy (non-hydrogen) atoms. The molecule has 2 rings (SSSR count). The first kappa shape index (κ1) is 15.4. The minimum Gasteiger partial charge on any atom is -0.478 e. The number of aryl methyl sites for hydroxylation is 1. The first-order chi connectivity index (χ1) is 10.0. The molecular formula is C16H22N2O3. The highest BCUT2D eigenvalue weighted by molar-refractivity contribution is 5.94. The minimum atomic E-state index is -0.979. The number of piperidine rings is 1. The van der Waals surface area contributed by atoms with Gasteiger partial charge in [0.15, 0.2) is 0 Å². The number of amides is 2. The molecule has 0 radical (unpaired) electrons. The monoisotopic (exact) mass is 290 g/mol. The number of nitrogens with zero attached hydrogens (tertiary/aromatic N) is 1. The molecule has 5 heteroatoms. The number of carbonyl (C=O) groups excluding carboxylic acids is 1. The molecule has 0 spiro atoms. The van der Waals surface area contributed by atoms with Crippen LogP contribution in [0.2, 0.25) is 0 Å². The molecule has 0 unspecified atom stereocenters. The van der Waals surface area contributed by atoms with Gasteiger partial charge in [-0.05, 0) is 43.4 Å². The van der Waals surface area contributed by atoms with Crippen molar-refractivity contribution >= 4 is 17.7 Å². The molecule has 1 aromatic carbocycles. The lowest BCUT2D eigenvalue weighted by Gasteiger charge is -2.31. The maximum Gasteiger partial charge on any atom is 0.336 e. The van der Waals surface area contributed by atoms with Crippen molar-refractivity contribution in [2.75, 3.05) is 18.4 Å². The average Bonchev–Trinajstić information content (AvgIpc) is 2.49. The van der Waals surface area contributed by atoms with E-state index in [2.05, 4.69) is 12.2 Å². The van der Waals surface area contributed by atoms with E-state index >= 15 is 0 Å². The van der Waals surface area contributed by atoms with Crippen LogP contribution in [0.5, 0.6) is 0 Å². The number of urea groups is 1. The molecule has 0 saturated carbocycles. The second-order valence-electron chi connectivity index (χ2n) is 5.60. The summed E-state index contributed by atoms with van der Waals surface area (Å²) in [6.45, 7) is 5.45. The number of carboxylic acid groups (broad SMARTS) is 1. The third-order valence-corrected chi connectivity index (χ3v) is 4.20. The Morgan fingerprint density at radius 1 is 1.33 bits per heavy atom. The lowest BCUT2D eigenvalue weighted by Crippen LogP contribution is -2.40. The second kappa shape index (κ2) is 6.61. The van der Waals surface area contributed by atoms with E-state index < -0.39 is 5.97 Å². The number of carbonyl (C=O) groups is 2. The van der Waals surface area contributed by atoms with Gasteiger partial charge in [-0.3, -0.25) is 0 Å². The second-order valence-corrected chi connectivity index (χ2v) is 5.60. The SMILES string of the molecule is CCC1CCN(C(=O)Nc2ccc(C)c(C(=O)O)c2)CC1. The van der Waals surface area contributed by atoms with Crippen LogP contribution in [-0.2, 0) is 0 Å². The largest absolute Gasteiger partial charge is 0.478 e. The Labute approximate surface area is 125 Å². The molecule has 1 aromatic rings. The number of anilines is 1. The van der Waals surface area contributed by atoms with Crippen LogP contribution in [0.1, 0.15) is 42.1 Å². The smallest absolute Gasteiger partial charge is 0.336 e. The van der Waals surface area contributed by atoms with Gasteiger partial charge in [0.25, 0.3) is 0 Å². The number of nitrogens with one attached hydrogen (secondary N) is 1. The summed E-state index contributed by atoms with van der Waals surface area (Å²) in [5.41, 5.74) is 1.43. The predicted octanol–water partition coefficient (Wildman–Crippen LogP) is 3.35. The number of likely N-dealkylation sites (tertiary alicyclic amines) is 1. The summed E-state index contributed by atoms with van der Waals surface area (Å²) in [4.78, 5) is 25.1. The van der Waals surface area contributed by atoms with Gasteiger partial charge in [-0.25, -0.2) is 9.59 Å². The summed E-state index contributed by atoms with van der Waals surface area (Å²) in [6.07, 6.45) is 3.24. The van der Waals surface area contributed by atoms with Crippen molar-refractivity contribution < 1.29 is 14.7 Å². The topological polar surface area (TPSA) is 69.6 Å². The van der Waals surface area contributed by atoms with Crippen molar-refractivity contribution in [2.45, 2.75) is 33.1 Å². The van der Waals surface area contributed by atoms with Gasteiger partial charge in [0, 0.05) is 18.8 Å². The highest BCUT2D eigenvalue weighted by Crippen LogP contribution is 2.21. The number of carboxylic acids is 1. The number of benzene rings is 1. The third-order valence-electron chi connectivity index (χ3n) is 4.20. The van der Waals surface area contributed by atoms with Gasteiger partial charge >= 0.3 is 12.0 Å². The van der Waals surface area contributed by atoms with Gasteiger partial charge in [0.2, 0.25) is 0 Å². The molecule has 2 N–H and O–H groups in total. The van der Waals surface area contributed by atoms with Crippen molar-refractivity contribution in [3.63, 3.8) is 0 Å². The molecule has 5 nitrogen and oxygen atoms in total. The summed E-state index contributed by atoms with van der Waals surface area (Å²) < 4.78 is 0. The van der Waals surface area contributed by atoms with Crippen LogP contribution >= 0.6 is 0 Å². The Morgan fingerprint density at radius 2 is 2.00 bits per heavy atom. The van der Waals surface area contributed by atoms with E-state index in [1.807, 2.05) is 0 Å². The van der Waals surface area contributed by atoms with Crippen LogP contribution in [-0.4, -0.2) is 35.1 Å². The molecule has 1 heterocycles. The van der Waals surface area contributed by atoms with E-state index in [0.717, 1.165) is 32.4 Å². The van der Waals surface area contributed by atoms with Crippen molar-refractivity contribution in [2.24, 2.45) is 5.92 Å². The van der Waals surface area contributed by atoms with Crippen LogP contribution in [0.15, 0.2) is 18.2 Å². The Kier molecular flexibility index (Phi) is 4.83. The zero-order chi connectivity index (χ0) is 15.4. The molecule has 2 amide bonds. The fourth-order valence-electron chi connectivity index (χ4n) is 2.68. The Balaban J connectivity index is 2.00. The third kappa shape index (κ3) is 3.74. The fraction of sp³-hybridized carbons (Fsp3) is 0.500. The fourth-order valence-corrected chi connectivity index (χ4v) is 2.68. The standard InChI is InChI=1S/C16H22N2O3/c1-3-12-6-8-18(9-7-12)16(21)17-13-5-4-11(2)14(10-13)15(19)20/h4-5,10,12H,3,6-9H2,1-2H3,(H,17,21)(H,19,20). The lowest BCUT2D eigenvalue weighted by atomic mass is 9.95. The molecule has 0 bridgehead atoms. The average molecular weight is 290 g/mol. The van der Waals surface area contributed by atoms with Crippen molar-refractivity contribution in [1.82, 2.24) is 4.90 Å². The minimum absolute atomic E-state index is 0.148. The molecule has 114 valence electrons. The van der Waals surface area contributed by atoms with Gasteiger partial charge in [-0.2, -0.15) is 0 Å². The van der Waals surface area contributed by atoms with Crippen LogP contribution in [0.4, 0.5) is 10.5 Å². The lowest BCUT2D eigenvalue weighted by molar-refractivity contribution is 0.0696. The zero-order valence-electron chi connectivity index (χ0n) is 12.6. The summed E-state index contributed by atoms with van der Waals surface area (Å²) in [6, 6.07) is 4.81. The molecule has 0 atom stereocenters. The maximum atomic E-state index is 12.2. The number of hydrogen-bond donors (Lipinski definition) is 2. The van der Waals surface area contributed by atoms with Crippen LogP contribution in [0.25, 0.3) is 0 Å². The highest BCUT2D eigenvalue weighted by atomic mass is 16.4. The van der Waals surface area contributed by atoms with Crippen molar-refractivity contribution in [3.8, 4) is 0 Å². The summed E-state index contributed by atoms with van der Waals surface area (Å²) in [5, 5.41) is 11.9. The normalized spacial score (nSPS) is 15.8. The number of hydrogen-bond acceptors (Lipinski definition) is 2. The van der Waals surface area contributed by atoms with Crippen molar-refractivity contribution in [3.05, 3.63) is 29.3 Å². The predicted molar refractivity (Wildman–Crippen MR) is 81.7 cm³/mol. The first-order valence-corrected chi connectivity index (χ1v) is 7.41. The molecular weight excluding hydrogens is 268 g/mol. The summed E-state index contributed by atoms with van der Waals surface area (Å²) in [7, 11) is 0. The first-order valence-electron chi connectivity index (χ1n) is 7.41. The summed E-state index contributed by atoms with van der Waals surface area (Å²) >= 11 is 0. The Morgan fingerprint density at radius 3 is 2.57 bits per heavy atom. The Bertz CT molecular complexity index is 534. The zero-order valence-corrected chi connectivity index (χ0v) is 12.6. The van der Waals surface area contributed by atoms with E-state index in [1.165, 1.54) is 6.07 Å². The number of aromatic carboxylic acids is 1. The van der Waals surface area contributed by atoms with E-state index in [4.69, 9.17) is 5.11 Å². The van der Waals surface area contributed by atoms with Crippen molar-refractivity contribution in [1.29, 1.82) is 0 Å². The van der Waals surface area contributed by atoms with Crippen LogP contribution in [0.3, 0.4) is 0 Å².